The maximum absolute atomic E-state index is 5.22. The fraction of sp³-hybridized carbons (Fsp3) is 0.400. The normalized spacial score (nSPS) is 16.8. The van der Waals surface area contributed by atoms with E-state index in [-0.39, 0.29) is 0 Å². The summed E-state index contributed by atoms with van der Waals surface area (Å²) in [7, 11) is 1.68. The van der Waals surface area contributed by atoms with Crippen molar-refractivity contribution in [3.05, 3.63) is 28.2 Å². The number of rotatable bonds is 2. The Kier molecular flexibility index (Phi) is 2.56. The lowest BCUT2D eigenvalue weighted by atomic mass is 9.98. The van der Waals surface area contributed by atoms with Gasteiger partial charge in [-0.15, -0.1) is 0 Å². The maximum Gasteiger partial charge on any atom is 0.133 e. The Morgan fingerprint density at radius 1 is 1.46 bits per heavy atom. The van der Waals surface area contributed by atoms with E-state index < -0.39 is 0 Å². The summed E-state index contributed by atoms with van der Waals surface area (Å²) in [6.07, 6.45) is 0. The summed E-state index contributed by atoms with van der Waals surface area (Å²) >= 11 is 3.42. The zero-order valence-electron chi connectivity index (χ0n) is 7.42. The molecule has 1 aliphatic heterocycles. The number of methoxy groups -OCH3 is 1. The number of hydrogen-bond acceptors (Lipinski definition) is 2. The van der Waals surface area contributed by atoms with Crippen LogP contribution in [0.25, 0.3) is 0 Å². The minimum Gasteiger partial charge on any atom is -0.496 e. The van der Waals surface area contributed by atoms with Gasteiger partial charge >= 0.3 is 0 Å². The summed E-state index contributed by atoms with van der Waals surface area (Å²) in [5, 5.41) is 0. The van der Waals surface area contributed by atoms with Gasteiger partial charge in [-0.2, -0.15) is 0 Å². The molecule has 0 amide bonds. The molecule has 1 saturated heterocycles. The van der Waals surface area contributed by atoms with Gasteiger partial charge in [0.15, 0.2) is 0 Å². The van der Waals surface area contributed by atoms with E-state index in [1.807, 2.05) is 6.07 Å². The van der Waals surface area contributed by atoms with E-state index in [0.29, 0.717) is 5.92 Å². The molecule has 1 aromatic rings. The van der Waals surface area contributed by atoms with E-state index in [1.165, 1.54) is 5.56 Å². The highest BCUT2D eigenvalue weighted by atomic mass is 79.9. The topological polar surface area (TPSA) is 18.5 Å². The van der Waals surface area contributed by atoms with Gasteiger partial charge in [0.05, 0.1) is 24.8 Å². The third kappa shape index (κ3) is 1.71. The van der Waals surface area contributed by atoms with Gasteiger partial charge in [0.25, 0.3) is 0 Å². The van der Waals surface area contributed by atoms with Crippen LogP contribution in [-0.4, -0.2) is 20.3 Å². The minimum atomic E-state index is 0.557. The number of benzene rings is 1. The van der Waals surface area contributed by atoms with E-state index >= 15 is 0 Å². The quantitative estimate of drug-likeness (QED) is 0.794. The number of ether oxygens (including phenoxy) is 2. The highest BCUT2D eigenvalue weighted by molar-refractivity contribution is 9.10. The van der Waals surface area contributed by atoms with Crippen LogP contribution in [0.5, 0.6) is 5.75 Å². The number of hydrogen-bond donors (Lipinski definition) is 0. The van der Waals surface area contributed by atoms with Gasteiger partial charge in [-0.1, -0.05) is 6.07 Å². The monoisotopic (exact) mass is 242 g/mol. The lowest BCUT2D eigenvalue weighted by Gasteiger charge is -2.26. The zero-order chi connectivity index (χ0) is 9.26. The van der Waals surface area contributed by atoms with E-state index in [4.69, 9.17) is 9.47 Å². The molecule has 0 spiro atoms. The average molecular weight is 243 g/mol. The lowest BCUT2D eigenvalue weighted by Crippen LogP contribution is -2.24. The molecule has 1 fully saturated rings. The van der Waals surface area contributed by atoms with Crippen molar-refractivity contribution in [2.45, 2.75) is 5.92 Å². The van der Waals surface area contributed by atoms with E-state index in [2.05, 4.69) is 28.1 Å². The molecule has 0 N–H and O–H groups in total. The molecule has 1 aromatic carbocycles. The van der Waals surface area contributed by atoms with Crippen LogP contribution in [0.1, 0.15) is 11.5 Å². The van der Waals surface area contributed by atoms with Crippen LogP contribution >= 0.6 is 15.9 Å². The summed E-state index contributed by atoms with van der Waals surface area (Å²) in [6, 6.07) is 6.20. The van der Waals surface area contributed by atoms with E-state index in [9.17, 15) is 0 Å². The van der Waals surface area contributed by atoms with Crippen molar-refractivity contribution in [1.82, 2.24) is 0 Å². The molecule has 0 unspecified atom stereocenters. The van der Waals surface area contributed by atoms with Crippen LogP contribution in [-0.2, 0) is 4.74 Å². The molecule has 1 heterocycles. The van der Waals surface area contributed by atoms with Crippen LogP contribution in [0.3, 0.4) is 0 Å². The molecule has 0 aliphatic carbocycles. The first-order valence-electron chi connectivity index (χ1n) is 4.22. The third-order valence-electron chi connectivity index (χ3n) is 2.28. The molecule has 2 nitrogen and oxygen atoms in total. The molecule has 3 heteroatoms. The Bertz CT molecular complexity index is 308. The fourth-order valence-electron chi connectivity index (χ4n) is 1.36. The molecule has 13 heavy (non-hydrogen) atoms. The molecule has 0 bridgehead atoms. The van der Waals surface area contributed by atoms with Gasteiger partial charge in [-0.05, 0) is 33.6 Å². The first-order chi connectivity index (χ1) is 6.31. The van der Waals surface area contributed by atoms with Gasteiger partial charge < -0.3 is 9.47 Å². The summed E-state index contributed by atoms with van der Waals surface area (Å²) in [4.78, 5) is 0. The van der Waals surface area contributed by atoms with Crippen LogP contribution in [0.15, 0.2) is 22.7 Å². The van der Waals surface area contributed by atoms with Crippen molar-refractivity contribution in [1.29, 1.82) is 0 Å². The molecular formula is C10H11BrO2. The standard InChI is InChI=1S/C10H11BrO2/c1-12-10-4-7(2-3-9(10)11)8-5-13-6-8/h2-4,8H,5-6H2,1H3. The van der Waals surface area contributed by atoms with Crippen LogP contribution in [0, 0.1) is 0 Å². The SMILES string of the molecule is COc1cc(C2COC2)ccc1Br. The molecule has 2 rings (SSSR count). The average Bonchev–Trinajstić information content (AvgIpc) is 2.05. The van der Waals surface area contributed by atoms with Crippen molar-refractivity contribution in [3.63, 3.8) is 0 Å². The second kappa shape index (κ2) is 3.68. The largest absolute Gasteiger partial charge is 0.496 e. The van der Waals surface area contributed by atoms with Crippen molar-refractivity contribution < 1.29 is 9.47 Å². The predicted molar refractivity (Wildman–Crippen MR) is 54.3 cm³/mol. The molecule has 0 radical (unpaired) electrons. The van der Waals surface area contributed by atoms with Gasteiger partial charge in [0.1, 0.15) is 5.75 Å². The summed E-state index contributed by atoms with van der Waals surface area (Å²) < 4.78 is 11.4. The van der Waals surface area contributed by atoms with Crippen molar-refractivity contribution in [2.24, 2.45) is 0 Å². The first-order valence-corrected chi connectivity index (χ1v) is 5.01. The minimum absolute atomic E-state index is 0.557. The lowest BCUT2D eigenvalue weighted by molar-refractivity contribution is 0.00835. The Morgan fingerprint density at radius 2 is 2.23 bits per heavy atom. The van der Waals surface area contributed by atoms with Crippen LogP contribution < -0.4 is 4.74 Å². The zero-order valence-corrected chi connectivity index (χ0v) is 9.00. The van der Waals surface area contributed by atoms with E-state index in [1.54, 1.807) is 7.11 Å². The Balaban J connectivity index is 2.26. The van der Waals surface area contributed by atoms with E-state index in [0.717, 1.165) is 23.4 Å². The number of halogens is 1. The molecule has 1 aliphatic rings. The summed E-state index contributed by atoms with van der Waals surface area (Å²) in [6.45, 7) is 1.68. The molecular weight excluding hydrogens is 232 g/mol. The Hall–Kier alpha value is -0.540. The fourth-order valence-corrected chi connectivity index (χ4v) is 1.77. The third-order valence-corrected chi connectivity index (χ3v) is 2.94. The Labute approximate surface area is 86.0 Å². The summed E-state index contributed by atoms with van der Waals surface area (Å²) in [5.41, 5.74) is 1.30. The van der Waals surface area contributed by atoms with Gasteiger partial charge in [0.2, 0.25) is 0 Å². The smallest absolute Gasteiger partial charge is 0.133 e. The van der Waals surface area contributed by atoms with Crippen molar-refractivity contribution in [3.8, 4) is 5.75 Å². The molecule has 0 aromatic heterocycles. The maximum atomic E-state index is 5.22. The first kappa shape index (κ1) is 9.03. The molecule has 0 saturated carbocycles. The molecule has 70 valence electrons. The second-order valence-electron chi connectivity index (χ2n) is 3.13. The van der Waals surface area contributed by atoms with Crippen molar-refractivity contribution >= 4 is 15.9 Å². The predicted octanol–water partition coefficient (Wildman–Crippen LogP) is 2.57. The van der Waals surface area contributed by atoms with Gasteiger partial charge in [0, 0.05) is 5.92 Å². The van der Waals surface area contributed by atoms with Crippen LogP contribution in [0.2, 0.25) is 0 Å². The van der Waals surface area contributed by atoms with Crippen LogP contribution in [0.4, 0.5) is 0 Å². The second-order valence-corrected chi connectivity index (χ2v) is 3.98. The highest BCUT2D eigenvalue weighted by Gasteiger charge is 2.21. The van der Waals surface area contributed by atoms with Gasteiger partial charge in [-0.3, -0.25) is 0 Å². The van der Waals surface area contributed by atoms with Crippen molar-refractivity contribution in [2.75, 3.05) is 20.3 Å². The summed E-state index contributed by atoms with van der Waals surface area (Å²) in [5.74, 6) is 1.45. The Morgan fingerprint density at radius 3 is 2.77 bits per heavy atom. The highest BCUT2D eigenvalue weighted by Crippen LogP contribution is 2.31. The van der Waals surface area contributed by atoms with Gasteiger partial charge in [-0.25, -0.2) is 0 Å². The molecule has 0 atom stereocenters.